The standard InChI is InChI=1S/C21H28N2O2S/c1-2-18-8-12-21(13-9-18)26(24,25)22-15-14-19-6-10-20(11-7-19)23-16-4-3-5-17-23/h6-13,22H,2-5,14-17H2,1H3. The molecule has 3 rings (SSSR count). The van der Waals surface area contributed by atoms with E-state index in [0.717, 1.165) is 30.6 Å². The molecule has 4 nitrogen and oxygen atoms in total. The minimum Gasteiger partial charge on any atom is -0.372 e. The van der Waals surface area contributed by atoms with E-state index in [1.54, 1.807) is 12.1 Å². The molecule has 1 heterocycles. The zero-order chi connectivity index (χ0) is 18.4. The molecule has 1 aliphatic rings. The molecule has 0 unspecified atom stereocenters. The second-order valence-corrected chi connectivity index (χ2v) is 8.63. The smallest absolute Gasteiger partial charge is 0.240 e. The summed E-state index contributed by atoms with van der Waals surface area (Å²) in [6.45, 7) is 4.73. The van der Waals surface area contributed by atoms with Crippen molar-refractivity contribution >= 4 is 15.7 Å². The quantitative estimate of drug-likeness (QED) is 0.805. The van der Waals surface area contributed by atoms with Crippen LogP contribution in [0.4, 0.5) is 5.69 Å². The normalized spacial score (nSPS) is 15.2. The number of sulfonamides is 1. The zero-order valence-corrected chi connectivity index (χ0v) is 16.3. The van der Waals surface area contributed by atoms with Gasteiger partial charge in [0.25, 0.3) is 0 Å². The van der Waals surface area contributed by atoms with Crippen LogP contribution in [0, 0.1) is 0 Å². The highest BCUT2D eigenvalue weighted by Gasteiger charge is 2.13. The molecule has 2 aromatic carbocycles. The van der Waals surface area contributed by atoms with E-state index in [4.69, 9.17) is 0 Å². The van der Waals surface area contributed by atoms with Crippen LogP contribution in [0.3, 0.4) is 0 Å². The number of rotatable bonds is 7. The molecular weight excluding hydrogens is 344 g/mol. The van der Waals surface area contributed by atoms with Gasteiger partial charge >= 0.3 is 0 Å². The average Bonchev–Trinajstić information content (AvgIpc) is 2.69. The molecule has 2 aromatic rings. The molecule has 0 aromatic heterocycles. The van der Waals surface area contributed by atoms with Gasteiger partial charge in [-0.05, 0) is 67.5 Å². The van der Waals surface area contributed by atoms with Crippen LogP contribution < -0.4 is 9.62 Å². The van der Waals surface area contributed by atoms with E-state index in [1.807, 2.05) is 12.1 Å². The van der Waals surface area contributed by atoms with Gasteiger partial charge in [-0.1, -0.05) is 31.2 Å². The van der Waals surface area contributed by atoms with Crippen LogP contribution in [0.1, 0.15) is 37.3 Å². The highest BCUT2D eigenvalue weighted by atomic mass is 32.2. The Kier molecular flexibility index (Phi) is 6.33. The zero-order valence-electron chi connectivity index (χ0n) is 15.4. The lowest BCUT2D eigenvalue weighted by molar-refractivity contribution is 0.577. The largest absolute Gasteiger partial charge is 0.372 e. The Morgan fingerprint density at radius 2 is 1.50 bits per heavy atom. The number of nitrogens with zero attached hydrogens (tertiary/aromatic N) is 1. The van der Waals surface area contributed by atoms with Crippen LogP contribution in [0.2, 0.25) is 0 Å². The lowest BCUT2D eigenvalue weighted by Crippen LogP contribution is -2.29. The van der Waals surface area contributed by atoms with Gasteiger partial charge in [-0.2, -0.15) is 0 Å². The Bertz CT molecular complexity index is 793. The summed E-state index contributed by atoms with van der Waals surface area (Å²) in [7, 11) is -3.44. The first-order valence-corrected chi connectivity index (χ1v) is 11.0. The molecule has 0 amide bonds. The van der Waals surface area contributed by atoms with E-state index in [-0.39, 0.29) is 0 Å². The maximum Gasteiger partial charge on any atom is 0.240 e. The van der Waals surface area contributed by atoms with Crippen molar-refractivity contribution in [1.29, 1.82) is 0 Å². The van der Waals surface area contributed by atoms with Crippen LogP contribution in [-0.4, -0.2) is 28.1 Å². The molecule has 0 bridgehead atoms. The van der Waals surface area contributed by atoms with Crippen molar-refractivity contribution in [2.75, 3.05) is 24.5 Å². The number of anilines is 1. The van der Waals surface area contributed by atoms with Gasteiger partial charge in [0.05, 0.1) is 4.90 Å². The molecule has 0 spiro atoms. The second kappa shape index (κ2) is 8.69. The summed E-state index contributed by atoms with van der Waals surface area (Å²) < 4.78 is 27.4. The van der Waals surface area contributed by atoms with Crippen molar-refractivity contribution in [2.45, 2.75) is 43.9 Å². The summed E-state index contributed by atoms with van der Waals surface area (Å²) in [4.78, 5) is 2.76. The number of nitrogens with one attached hydrogen (secondary N) is 1. The predicted octanol–water partition coefficient (Wildman–Crippen LogP) is 3.76. The van der Waals surface area contributed by atoms with Gasteiger partial charge in [-0.3, -0.25) is 0 Å². The van der Waals surface area contributed by atoms with Crippen LogP contribution >= 0.6 is 0 Å². The van der Waals surface area contributed by atoms with E-state index < -0.39 is 10.0 Å². The molecule has 1 N–H and O–H groups in total. The number of benzene rings is 2. The van der Waals surface area contributed by atoms with Crippen LogP contribution in [0.5, 0.6) is 0 Å². The lowest BCUT2D eigenvalue weighted by Gasteiger charge is -2.28. The van der Waals surface area contributed by atoms with E-state index >= 15 is 0 Å². The van der Waals surface area contributed by atoms with Crippen LogP contribution in [0.25, 0.3) is 0 Å². The van der Waals surface area contributed by atoms with Gasteiger partial charge in [0, 0.05) is 25.3 Å². The van der Waals surface area contributed by atoms with Gasteiger partial charge < -0.3 is 4.90 Å². The molecule has 0 atom stereocenters. The molecule has 0 aliphatic carbocycles. The first-order valence-electron chi connectivity index (χ1n) is 9.51. The van der Waals surface area contributed by atoms with Gasteiger partial charge in [0.15, 0.2) is 0 Å². The van der Waals surface area contributed by atoms with Crippen molar-refractivity contribution < 1.29 is 8.42 Å². The Labute approximate surface area is 157 Å². The third kappa shape index (κ3) is 4.86. The maximum absolute atomic E-state index is 12.4. The van der Waals surface area contributed by atoms with Crippen molar-refractivity contribution in [3.63, 3.8) is 0 Å². The number of hydrogen-bond donors (Lipinski definition) is 1. The third-order valence-corrected chi connectivity index (χ3v) is 6.48. The Morgan fingerprint density at radius 3 is 2.12 bits per heavy atom. The molecule has 5 heteroatoms. The fourth-order valence-corrected chi connectivity index (χ4v) is 4.37. The van der Waals surface area contributed by atoms with E-state index in [9.17, 15) is 8.42 Å². The van der Waals surface area contributed by atoms with Crippen LogP contribution in [0.15, 0.2) is 53.4 Å². The fraction of sp³-hybridized carbons (Fsp3) is 0.429. The summed E-state index contributed by atoms with van der Waals surface area (Å²) >= 11 is 0. The summed E-state index contributed by atoms with van der Waals surface area (Å²) in [6, 6.07) is 15.6. The van der Waals surface area contributed by atoms with E-state index in [0.29, 0.717) is 17.9 Å². The fourth-order valence-electron chi connectivity index (χ4n) is 3.34. The Hall–Kier alpha value is -1.85. The Balaban J connectivity index is 1.53. The number of hydrogen-bond acceptors (Lipinski definition) is 3. The van der Waals surface area contributed by atoms with E-state index in [2.05, 4.69) is 40.8 Å². The average molecular weight is 373 g/mol. The molecule has 1 fully saturated rings. The second-order valence-electron chi connectivity index (χ2n) is 6.86. The van der Waals surface area contributed by atoms with Crippen molar-refractivity contribution in [3.8, 4) is 0 Å². The van der Waals surface area contributed by atoms with Crippen molar-refractivity contribution in [3.05, 3.63) is 59.7 Å². The van der Waals surface area contributed by atoms with Crippen molar-refractivity contribution in [1.82, 2.24) is 4.72 Å². The molecule has 26 heavy (non-hydrogen) atoms. The summed E-state index contributed by atoms with van der Waals surface area (Å²) in [5.74, 6) is 0. The number of aryl methyl sites for hydroxylation is 1. The highest BCUT2D eigenvalue weighted by molar-refractivity contribution is 7.89. The lowest BCUT2D eigenvalue weighted by atomic mass is 10.1. The highest BCUT2D eigenvalue weighted by Crippen LogP contribution is 2.20. The van der Waals surface area contributed by atoms with Gasteiger partial charge in [-0.15, -0.1) is 0 Å². The SMILES string of the molecule is CCc1ccc(S(=O)(=O)NCCc2ccc(N3CCCCC3)cc2)cc1. The van der Waals surface area contributed by atoms with E-state index in [1.165, 1.54) is 24.9 Å². The third-order valence-electron chi connectivity index (χ3n) is 5.01. The van der Waals surface area contributed by atoms with Gasteiger partial charge in [-0.25, -0.2) is 13.1 Å². The molecule has 0 radical (unpaired) electrons. The van der Waals surface area contributed by atoms with Crippen LogP contribution in [-0.2, 0) is 22.9 Å². The Morgan fingerprint density at radius 1 is 0.885 bits per heavy atom. The van der Waals surface area contributed by atoms with Gasteiger partial charge in [0.2, 0.25) is 10.0 Å². The van der Waals surface area contributed by atoms with Crippen molar-refractivity contribution in [2.24, 2.45) is 0 Å². The molecule has 140 valence electrons. The monoisotopic (exact) mass is 372 g/mol. The summed E-state index contributed by atoms with van der Waals surface area (Å²) in [6.07, 6.45) is 5.45. The maximum atomic E-state index is 12.4. The summed E-state index contributed by atoms with van der Waals surface area (Å²) in [5.41, 5.74) is 3.55. The molecular formula is C21H28N2O2S. The molecule has 1 saturated heterocycles. The number of piperidine rings is 1. The molecule has 0 saturated carbocycles. The predicted molar refractivity (Wildman–Crippen MR) is 107 cm³/mol. The molecule has 1 aliphatic heterocycles. The first kappa shape index (κ1) is 18.9. The van der Waals surface area contributed by atoms with Gasteiger partial charge in [0.1, 0.15) is 0 Å². The minimum atomic E-state index is -3.44. The topological polar surface area (TPSA) is 49.4 Å². The summed E-state index contributed by atoms with van der Waals surface area (Å²) in [5, 5.41) is 0. The minimum absolute atomic E-state index is 0.329. The first-order chi connectivity index (χ1) is 12.6.